The van der Waals surface area contributed by atoms with Crippen molar-refractivity contribution in [1.29, 1.82) is 0 Å². The number of hydrogen-bond donors (Lipinski definition) is 1. The molecule has 1 atom stereocenters. The molecule has 1 unspecified atom stereocenters. The molecule has 2 nitrogen and oxygen atoms in total. The minimum atomic E-state index is 0.473. The molecule has 1 saturated carbocycles. The van der Waals surface area contributed by atoms with Crippen LogP contribution in [0, 0.1) is 11.3 Å². The number of ether oxygens (including phenoxy) is 1. The zero-order valence-electron chi connectivity index (χ0n) is 10.2. The van der Waals surface area contributed by atoms with E-state index in [1.165, 1.54) is 32.1 Å². The minimum absolute atomic E-state index is 0.473. The van der Waals surface area contributed by atoms with Gasteiger partial charge in [-0.2, -0.15) is 0 Å². The van der Waals surface area contributed by atoms with Gasteiger partial charge in [0, 0.05) is 24.6 Å². The van der Waals surface area contributed by atoms with Crippen LogP contribution in [0.4, 0.5) is 0 Å². The van der Waals surface area contributed by atoms with Crippen molar-refractivity contribution in [3.8, 4) is 0 Å². The van der Waals surface area contributed by atoms with Gasteiger partial charge in [0.05, 0.1) is 6.61 Å². The van der Waals surface area contributed by atoms with Crippen molar-refractivity contribution in [3.63, 3.8) is 0 Å². The first-order valence-electron chi connectivity index (χ1n) is 6.54. The van der Waals surface area contributed by atoms with Crippen molar-refractivity contribution >= 4 is 0 Å². The lowest BCUT2D eigenvalue weighted by molar-refractivity contribution is 0.104. The molecule has 1 aliphatic carbocycles. The summed E-state index contributed by atoms with van der Waals surface area (Å²) >= 11 is 0. The van der Waals surface area contributed by atoms with Gasteiger partial charge in [-0.1, -0.05) is 26.7 Å². The maximum Gasteiger partial charge on any atom is 0.0538 e. The molecule has 0 aromatic heterocycles. The summed E-state index contributed by atoms with van der Waals surface area (Å²) in [7, 11) is 0. The van der Waals surface area contributed by atoms with Crippen molar-refractivity contribution in [2.24, 2.45) is 11.3 Å². The summed E-state index contributed by atoms with van der Waals surface area (Å²) in [6.45, 7) is 7.61. The molecule has 0 aromatic rings. The Hall–Kier alpha value is -0.0800. The maximum atomic E-state index is 5.67. The van der Waals surface area contributed by atoms with Gasteiger partial charge in [-0.25, -0.2) is 0 Å². The Kier molecular flexibility index (Phi) is 3.68. The molecule has 2 rings (SSSR count). The van der Waals surface area contributed by atoms with Gasteiger partial charge >= 0.3 is 0 Å². The molecule has 1 heterocycles. The van der Waals surface area contributed by atoms with E-state index >= 15 is 0 Å². The van der Waals surface area contributed by atoms with Gasteiger partial charge in [0.15, 0.2) is 0 Å². The van der Waals surface area contributed by atoms with Crippen LogP contribution in [0.2, 0.25) is 0 Å². The molecule has 0 bridgehead atoms. The van der Waals surface area contributed by atoms with Gasteiger partial charge in [-0.05, 0) is 25.2 Å². The van der Waals surface area contributed by atoms with Crippen LogP contribution >= 0.6 is 0 Å². The highest BCUT2D eigenvalue weighted by Crippen LogP contribution is 2.44. The van der Waals surface area contributed by atoms with Crippen molar-refractivity contribution < 1.29 is 4.74 Å². The third-order valence-corrected chi connectivity index (χ3v) is 4.22. The van der Waals surface area contributed by atoms with Crippen LogP contribution in [-0.2, 0) is 4.74 Å². The topological polar surface area (TPSA) is 21.3 Å². The van der Waals surface area contributed by atoms with Crippen LogP contribution in [-0.4, -0.2) is 25.8 Å². The summed E-state index contributed by atoms with van der Waals surface area (Å²) in [5, 5.41) is 3.63. The van der Waals surface area contributed by atoms with Gasteiger partial charge in [0.2, 0.25) is 0 Å². The van der Waals surface area contributed by atoms with Gasteiger partial charge < -0.3 is 10.1 Å². The van der Waals surface area contributed by atoms with Crippen molar-refractivity contribution in [1.82, 2.24) is 5.32 Å². The Morgan fingerprint density at radius 2 is 2.07 bits per heavy atom. The van der Waals surface area contributed by atoms with E-state index in [2.05, 4.69) is 19.2 Å². The van der Waals surface area contributed by atoms with Gasteiger partial charge in [0.1, 0.15) is 0 Å². The van der Waals surface area contributed by atoms with Crippen molar-refractivity contribution in [2.45, 2.75) is 52.0 Å². The normalized spacial score (nSPS) is 33.0. The zero-order chi connectivity index (χ0) is 10.7. The van der Waals surface area contributed by atoms with E-state index in [1.807, 2.05) is 0 Å². The standard InChI is InChI=1S/C13H25NO/c1-11(2)14-9-13(7-8-15-10-13)12-5-3-4-6-12/h11-12,14H,3-10H2,1-2H3. The van der Waals surface area contributed by atoms with Crippen LogP contribution in [0.5, 0.6) is 0 Å². The fourth-order valence-corrected chi connectivity index (χ4v) is 3.17. The molecule has 0 amide bonds. The van der Waals surface area contributed by atoms with Gasteiger partial charge in [0.25, 0.3) is 0 Å². The van der Waals surface area contributed by atoms with Crippen LogP contribution in [0.15, 0.2) is 0 Å². The van der Waals surface area contributed by atoms with E-state index in [0.29, 0.717) is 11.5 Å². The largest absolute Gasteiger partial charge is 0.381 e. The van der Waals surface area contributed by atoms with E-state index in [1.54, 1.807) is 0 Å². The summed E-state index contributed by atoms with van der Waals surface area (Å²) in [4.78, 5) is 0. The quantitative estimate of drug-likeness (QED) is 0.771. The van der Waals surface area contributed by atoms with Crippen LogP contribution in [0.1, 0.15) is 46.0 Å². The Morgan fingerprint density at radius 3 is 2.60 bits per heavy atom. The second-order valence-electron chi connectivity index (χ2n) is 5.68. The lowest BCUT2D eigenvalue weighted by Gasteiger charge is -2.35. The summed E-state index contributed by atoms with van der Waals surface area (Å²) in [6.07, 6.45) is 7.02. The molecule has 2 heteroatoms. The first kappa shape index (κ1) is 11.4. The second kappa shape index (κ2) is 4.84. The molecule has 88 valence electrons. The molecule has 2 fully saturated rings. The Labute approximate surface area is 93.8 Å². The summed E-state index contributed by atoms with van der Waals surface area (Å²) in [6, 6.07) is 0.601. The molecular weight excluding hydrogens is 186 g/mol. The van der Waals surface area contributed by atoms with E-state index in [-0.39, 0.29) is 0 Å². The molecule has 0 spiro atoms. The number of hydrogen-bond acceptors (Lipinski definition) is 2. The van der Waals surface area contributed by atoms with Gasteiger partial charge in [-0.3, -0.25) is 0 Å². The first-order chi connectivity index (χ1) is 7.23. The van der Waals surface area contributed by atoms with E-state index in [9.17, 15) is 0 Å². The monoisotopic (exact) mass is 211 g/mol. The summed E-state index contributed by atoms with van der Waals surface area (Å²) in [5.41, 5.74) is 0.473. The SMILES string of the molecule is CC(C)NCC1(C2CCCC2)CCOC1. The molecule has 0 radical (unpaired) electrons. The highest BCUT2D eigenvalue weighted by molar-refractivity contribution is 4.93. The van der Waals surface area contributed by atoms with Gasteiger partial charge in [-0.15, -0.1) is 0 Å². The molecular formula is C13H25NO. The van der Waals surface area contributed by atoms with E-state index in [0.717, 1.165) is 25.7 Å². The summed E-state index contributed by atoms with van der Waals surface area (Å²) in [5.74, 6) is 0.922. The first-order valence-corrected chi connectivity index (χ1v) is 6.54. The minimum Gasteiger partial charge on any atom is -0.381 e. The second-order valence-corrected chi connectivity index (χ2v) is 5.68. The van der Waals surface area contributed by atoms with Crippen molar-refractivity contribution in [3.05, 3.63) is 0 Å². The van der Waals surface area contributed by atoms with Crippen LogP contribution in [0.3, 0.4) is 0 Å². The molecule has 1 aliphatic heterocycles. The molecule has 15 heavy (non-hydrogen) atoms. The maximum absolute atomic E-state index is 5.67. The zero-order valence-corrected chi connectivity index (χ0v) is 10.2. The third-order valence-electron chi connectivity index (χ3n) is 4.22. The Balaban J connectivity index is 1.96. The highest BCUT2D eigenvalue weighted by atomic mass is 16.5. The predicted octanol–water partition coefficient (Wildman–Crippen LogP) is 2.58. The number of nitrogens with one attached hydrogen (secondary N) is 1. The van der Waals surface area contributed by atoms with E-state index in [4.69, 9.17) is 4.74 Å². The van der Waals surface area contributed by atoms with Crippen molar-refractivity contribution in [2.75, 3.05) is 19.8 Å². The van der Waals surface area contributed by atoms with Crippen LogP contribution in [0.25, 0.3) is 0 Å². The fraction of sp³-hybridized carbons (Fsp3) is 1.00. The fourth-order valence-electron chi connectivity index (χ4n) is 3.17. The van der Waals surface area contributed by atoms with Crippen LogP contribution < -0.4 is 5.32 Å². The Bertz CT molecular complexity index is 191. The molecule has 0 aromatic carbocycles. The predicted molar refractivity (Wildman–Crippen MR) is 63.0 cm³/mol. The highest BCUT2D eigenvalue weighted by Gasteiger charge is 2.42. The molecule has 1 saturated heterocycles. The lowest BCUT2D eigenvalue weighted by Crippen LogP contribution is -2.42. The smallest absolute Gasteiger partial charge is 0.0538 e. The molecule has 1 N–H and O–H groups in total. The third kappa shape index (κ3) is 2.54. The number of rotatable bonds is 4. The lowest BCUT2D eigenvalue weighted by atomic mass is 9.73. The Morgan fingerprint density at radius 1 is 1.33 bits per heavy atom. The van der Waals surface area contributed by atoms with E-state index < -0.39 is 0 Å². The molecule has 2 aliphatic rings. The average Bonchev–Trinajstić information content (AvgIpc) is 2.86. The summed E-state index contributed by atoms with van der Waals surface area (Å²) < 4.78 is 5.67. The average molecular weight is 211 g/mol.